The highest BCUT2D eigenvalue weighted by Crippen LogP contribution is 2.32. The molecule has 0 fully saturated rings. The van der Waals surface area contributed by atoms with Gasteiger partial charge in [-0.25, -0.2) is 4.98 Å². The van der Waals surface area contributed by atoms with Crippen LogP contribution in [0, 0.1) is 0 Å². The lowest BCUT2D eigenvalue weighted by Gasteiger charge is -2.19. The number of para-hydroxylation sites is 1. The van der Waals surface area contributed by atoms with Crippen LogP contribution in [0.25, 0.3) is 6.08 Å². The number of hydrogen-bond acceptors (Lipinski definition) is 4. The predicted molar refractivity (Wildman–Crippen MR) is 118 cm³/mol. The van der Waals surface area contributed by atoms with Gasteiger partial charge >= 0.3 is 6.18 Å². The lowest BCUT2D eigenvalue weighted by molar-refractivity contribution is -0.139. The fourth-order valence-corrected chi connectivity index (χ4v) is 3.87. The molecule has 0 N–H and O–H groups in total. The van der Waals surface area contributed by atoms with Gasteiger partial charge in [-0.1, -0.05) is 36.4 Å². The highest BCUT2D eigenvalue weighted by Gasteiger charge is 2.33. The van der Waals surface area contributed by atoms with Crippen molar-refractivity contribution in [3.63, 3.8) is 0 Å². The molecule has 3 aromatic rings. The van der Waals surface area contributed by atoms with E-state index < -0.39 is 17.6 Å². The van der Waals surface area contributed by atoms with Gasteiger partial charge in [0.25, 0.3) is 0 Å². The van der Waals surface area contributed by atoms with Crippen LogP contribution < -0.4 is 4.90 Å². The molecule has 0 unspecified atom stereocenters. The molecule has 0 spiro atoms. The van der Waals surface area contributed by atoms with Crippen LogP contribution in [-0.2, 0) is 22.3 Å². The van der Waals surface area contributed by atoms with Crippen LogP contribution in [0.3, 0.4) is 0 Å². The minimum Gasteiger partial charge on any atom is -0.338 e. The van der Waals surface area contributed by atoms with E-state index in [9.17, 15) is 22.8 Å². The molecule has 1 aromatic heterocycles. The molecule has 3 rings (SSSR count). The minimum absolute atomic E-state index is 0.0140. The van der Waals surface area contributed by atoms with Gasteiger partial charge in [-0.2, -0.15) is 13.2 Å². The number of carbonyl (C=O) groups excluding carboxylic acids is 2. The van der Waals surface area contributed by atoms with Crippen molar-refractivity contribution in [2.45, 2.75) is 19.6 Å². The van der Waals surface area contributed by atoms with Crippen molar-refractivity contribution < 1.29 is 22.8 Å². The van der Waals surface area contributed by atoms with E-state index in [-0.39, 0.29) is 18.0 Å². The molecule has 0 aliphatic carbocycles. The molecule has 1 heterocycles. The zero-order valence-electron chi connectivity index (χ0n) is 17.3. The van der Waals surface area contributed by atoms with Gasteiger partial charge in [0, 0.05) is 32.0 Å². The first-order valence-electron chi connectivity index (χ1n) is 9.56. The Bertz CT molecular complexity index is 1130. The summed E-state index contributed by atoms with van der Waals surface area (Å²) >= 11 is 1.24. The van der Waals surface area contributed by atoms with Crippen LogP contribution in [0.4, 0.5) is 24.0 Å². The Kier molecular flexibility index (Phi) is 7.09. The molecule has 5 nitrogen and oxygen atoms in total. The number of hydrogen-bond donors (Lipinski definition) is 0. The van der Waals surface area contributed by atoms with E-state index in [0.29, 0.717) is 16.5 Å². The lowest BCUT2D eigenvalue weighted by Crippen LogP contribution is -2.25. The van der Waals surface area contributed by atoms with E-state index in [1.807, 2.05) is 18.2 Å². The first kappa shape index (κ1) is 23.2. The number of nitrogens with zero attached hydrogens (tertiary/aromatic N) is 3. The number of thiazole rings is 1. The highest BCUT2D eigenvalue weighted by molar-refractivity contribution is 7.14. The number of benzene rings is 2. The highest BCUT2D eigenvalue weighted by atomic mass is 32.1. The monoisotopic (exact) mass is 459 g/mol. The van der Waals surface area contributed by atoms with Crippen molar-refractivity contribution in [3.8, 4) is 0 Å². The number of aromatic nitrogens is 1. The topological polar surface area (TPSA) is 53.5 Å². The third-order valence-corrected chi connectivity index (χ3v) is 5.38. The Morgan fingerprint density at radius 3 is 2.38 bits per heavy atom. The number of alkyl halides is 3. The SMILES string of the molecule is CC(=O)N(c1ccccc1)c1nc(/C=C/C(=O)N(C)Cc2ccccc2C(F)(F)F)cs1. The number of rotatable bonds is 6. The van der Waals surface area contributed by atoms with Crippen LogP contribution in [0.2, 0.25) is 0 Å². The fourth-order valence-electron chi connectivity index (χ4n) is 3.01. The van der Waals surface area contributed by atoms with E-state index in [1.54, 1.807) is 17.5 Å². The fraction of sp³-hybridized carbons (Fsp3) is 0.174. The molecule has 32 heavy (non-hydrogen) atoms. The zero-order valence-corrected chi connectivity index (χ0v) is 18.2. The predicted octanol–water partition coefficient (Wildman–Crippen LogP) is 5.52. The normalized spacial score (nSPS) is 11.5. The molecule has 0 saturated carbocycles. The number of likely N-dealkylation sites (N-methyl/N-ethyl adjacent to an activating group) is 1. The van der Waals surface area contributed by atoms with Gasteiger partial charge in [-0.05, 0) is 29.8 Å². The summed E-state index contributed by atoms with van der Waals surface area (Å²) in [5, 5.41) is 2.14. The summed E-state index contributed by atoms with van der Waals surface area (Å²) in [6, 6.07) is 14.2. The number of carbonyl (C=O) groups is 2. The molecule has 0 aliphatic heterocycles. The maximum Gasteiger partial charge on any atom is 0.416 e. The van der Waals surface area contributed by atoms with Gasteiger partial charge in [0.1, 0.15) is 0 Å². The van der Waals surface area contributed by atoms with Crippen LogP contribution in [0.5, 0.6) is 0 Å². The molecule has 9 heteroatoms. The maximum atomic E-state index is 13.2. The standard InChI is InChI=1S/C23H20F3N3O2S/c1-16(30)29(19-9-4-3-5-10-19)22-27-18(15-32-22)12-13-21(31)28(2)14-17-8-6-7-11-20(17)23(24,25)26/h3-13,15H,14H2,1-2H3/b13-12+. The van der Waals surface area contributed by atoms with Crippen molar-refractivity contribution in [3.05, 3.63) is 82.9 Å². The van der Waals surface area contributed by atoms with Crippen LogP contribution in [0.1, 0.15) is 23.7 Å². The largest absolute Gasteiger partial charge is 0.416 e. The van der Waals surface area contributed by atoms with Gasteiger partial charge in [0.05, 0.1) is 16.9 Å². The summed E-state index contributed by atoms with van der Waals surface area (Å²) in [6.45, 7) is 1.24. The lowest BCUT2D eigenvalue weighted by atomic mass is 10.1. The number of anilines is 2. The molecule has 0 radical (unpaired) electrons. The number of amides is 2. The second-order valence-corrected chi connectivity index (χ2v) is 7.76. The average Bonchev–Trinajstić information content (AvgIpc) is 3.20. The Hall–Kier alpha value is -3.46. The van der Waals surface area contributed by atoms with Crippen molar-refractivity contribution in [1.29, 1.82) is 0 Å². The van der Waals surface area contributed by atoms with E-state index in [0.717, 1.165) is 6.07 Å². The summed E-state index contributed by atoms with van der Waals surface area (Å²) in [7, 11) is 1.43. The summed E-state index contributed by atoms with van der Waals surface area (Å²) in [6.07, 6.45) is -1.78. The number of halogens is 3. The molecular formula is C23H20F3N3O2S. The van der Waals surface area contributed by atoms with Crippen molar-refractivity contribution >= 4 is 40.0 Å². The van der Waals surface area contributed by atoms with Gasteiger partial charge < -0.3 is 4.90 Å². The molecule has 0 saturated heterocycles. The quantitative estimate of drug-likeness (QED) is 0.456. The van der Waals surface area contributed by atoms with Crippen molar-refractivity contribution in [2.24, 2.45) is 0 Å². The van der Waals surface area contributed by atoms with Crippen LogP contribution in [-0.4, -0.2) is 28.7 Å². The Morgan fingerprint density at radius 2 is 1.72 bits per heavy atom. The van der Waals surface area contributed by atoms with Crippen molar-refractivity contribution in [2.75, 3.05) is 11.9 Å². The Morgan fingerprint density at radius 1 is 1.06 bits per heavy atom. The smallest absolute Gasteiger partial charge is 0.338 e. The van der Waals surface area contributed by atoms with Gasteiger partial charge in [0.2, 0.25) is 11.8 Å². The third kappa shape index (κ3) is 5.61. The molecular weight excluding hydrogens is 439 g/mol. The van der Waals surface area contributed by atoms with Crippen LogP contribution >= 0.6 is 11.3 Å². The zero-order chi connectivity index (χ0) is 23.3. The second-order valence-electron chi connectivity index (χ2n) is 6.93. The molecule has 166 valence electrons. The maximum absolute atomic E-state index is 13.2. The first-order valence-corrected chi connectivity index (χ1v) is 10.4. The Labute approximate surface area is 187 Å². The average molecular weight is 459 g/mol. The summed E-state index contributed by atoms with van der Waals surface area (Å²) < 4.78 is 39.5. The van der Waals surface area contributed by atoms with E-state index in [2.05, 4.69) is 4.98 Å². The molecule has 0 bridgehead atoms. The minimum atomic E-state index is -4.49. The summed E-state index contributed by atoms with van der Waals surface area (Å²) in [5.74, 6) is -0.678. The van der Waals surface area contributed by atoms with Crippen LogP contribution in [0.15, 0.2) is 66.1 Å². The Balaban J connectivity index is 1.72. The molecule has 0 aliphatic rings. The molecule has 2 aromatic carbocycles. The molecule has 2 amide bonds. The first-order chi connectivity index (χ1) is 15.2. The second kappa shape index (κ2) is 9.78. The van der Waals surface area contributed by atoms with E-state index in [4.69, 9.17) is 0 Å². The van der Waals surface area contributed by atoms with E-state index >= 15 is 0 Å². The van der Waals surface area contributed by atoms with Crippen molar-refractivity contribution in [1.82, 2.24) is 9.88 Å². The van der Waals surface area contributed by atoms with Gasteiger partial charge in [-0.3, -0.25) is 14.5 Å². The van der Waals surface area contributed by atoms with Gasteiger partial charge in [0.15, 0.2) is 5.13 Å². The summed E-state index contributed by atoms with van der Waals surface area (Å²) in [4.78, 5) is 31.6. The third-order valence-electron chi connectivity index (χ3n) is 4.53. The van der Waals surface area contributed by atoms with E-state index in [1.165, 1.54) is 65.5 Å². The molecule has 0 atom stereocenters. The van der Waals surface area contributed by atoms with Gasteiger partial charge in [-0.15, -0.1) is 11.3 Å². The summed E-state index contributed by atoms with van der Waals surface area (Å²) in [5.41, 5.74) is 0.381.